The molecule has 2 heterocycles. The molecule has 1 fully saturated rings. The molecule has 7 heteroatoms. The molecule has 20 heavy (non-hydrogen) atoms. The van der Waals surface area contributed by atoms with E-state index >= 15 is 0 Å². The molecule has 1 aliphatic heterocycles. The largest absolute Gasteiger partial charge is 0.392 e. The van der Waals surface area contributed by atoms with Gasteiger partial charge in [-0.25, -0.2) is 4.98 Å². The van der Waals surface area contributed by atoms with Crippen molar-refractivity contribution < 1.29 is 0 Å². The van der Waals surface area contributed by atoms with E-state index < -0.39 is 0 Å². The van der Waals surface area contributed by atoms with Gasteiger partial charge >= 0.3 is 0 Å². The Morgan fingerprint density at radius 3 is 2.45 bits per heavy atom. The normalized spacial score (nSPS) is 18.5. The lowest BCUT2D eigenvalue weighted by molar-refractivity contribution is 0.224. The number of thiocarbonyl (C=S) groups is 1. The highest BCUT2D eigenvalue weighted by Gasteiger charge is 2.26. The minimum Gasteiger partial charge on any atom is -0.392 e. The van der Waals surface area contributed by atoms with Gasteiger partial charge in [0, 0.05) is 43.6 Å². The Bertz CT molecular complexity index is 451. The first-order chi connectivity index (χ1) is 9.52. The van der Waals surface area contributed by atoms with Crippen LogP contribution in [0, 0.1) is 0 Å². The van der Waals surface area contributed by atoms with Crippen LogP contribution in [-0.4, -0.2) is 51.5 Å². The smallest absolute Gasteiger partial charge is 0.205 e. The molecule has 2 N–H and O–H groups in total. The Labute approximate surface area is 130 Å². The number of rotatable bonds is 5. The van der Waals surface area contributed by atoms with Crippen molar-refractivity contribution in [1.82, 2.24) is 14.3 Å². The maximum Gasteiger partial charge on any atom is 0.205 e. The summed E-state index contributed by atoms with van der Waals surface area (Å²) < 4.78 is 4.42. The maximum absolute atomic E-state index is 5.82. The monoisotopic (exact) mass is 313 g/mol. The van der Waals surface area contributed by atoms with Crippen molar-refractivity contribution >= 4 is 33.9 Å². The SMILES string of the molecule is CCC(C(N)=S)N1CCN(c2nc(C(C)C)ns2)CC1. The lowest BCUT2D eigenvalue weighted by Crippen LogP contribution is -2.53. The fourth-order valence-corrected chi connectivity index (χ4v) is 3.63. The zero-order valence-corrected chi connectivity index (χ0v) is 14.0. The summed E-state index contributed by atoms with van der Waals surface area (Å²) in [4.78, 5) is 9.92. The second-order valence-electron chi connectivity index (χ2n) is 5.44. The van der Waals surface area contributed by atoms with Crippen LogP contribution in [0.15, 0.2) is 0 Å². The van der Waals surface area contributed by atoms with Gasteiger partial charge in [0.15, 0.2) is 0 Å². The molecule has 1 atom stereocenters. The zero-order valence-electron chi connectivity index (χ0n) is 12.4. The molecule has 0 spiro atoms. The average molecular weight is 313 g/mol. The van der Waals surface area contributed by atoms with Crippen LogP contribution in [0.5, 0.6) is 0 Å². The predicted octanol–water partition coefficient (Wildman–Crippen LogP) is 1.85. The Balaban J connectivity index is 1.95. The van der Waals surface area contributed by atoms with Gasteiger partial charge in [-0.2, -0.15) is 4.37 Å². The van der Waals surface area contributed by atoms with Crippen LogP contribution in [0.2, 0.25) is 0 Å². The molecule has 0 aromatic carbocycles. The molecule has 112 valence electrons. The lowest BCUT2D eigenvalue weighted by Gasteiger charge is -2.38. The summed E-state index contributed by atoms with van der Waals surface area (Å²) in [5.74, 6) is 1.34. The number of nitrogens with two attached hydrogens (primary N) is 1. The number of hydrogen-bond acceptors (Lipinski definition) is 6. The van der Waals surface area contributed by atoms with Crippen molar-refractivity contribution in [2.75, 3.05) is 31.1 Å². The topological polar surface area (TPSA) is 58.3 Å². The van der Waals surface area contributed by atoms with Crippen molar-refractivity contribution in [2.45, 2.75) is 39.2 Å². The third-order valence-corrected chi connectivity index (χ3v) is 4.75. The summed E-state index contributed by atoms with van der Waals surface area (Å²) in [6.07, 6.45) is 0.978. The van der Waals surface area contributed by atoms with Crippen molar-refractivity contribution in [2.24, 2.45) is 5.73 Å². The van der Waals surface area contributed by atoms with Crippen molar-refractivity contribution in [1.29, 1.82) is 0 Å². The fraction of sp³-hybridized carbons (Fsp3) is 0.769. The minimum absolute atomic E-state index is 0.229. The third-order valence-electron chi connectivity index (χ3n) is 3.69. The third kappa shape index (κ3) is 3.45. The fourth-order valence-electron chi connectivity index (χ4n) is 2.45. The van der Waals surface area contributed by atoms with Gasteiger partial charge in [-0.3, -0.25) is 4.90 Å². The standard InChI is InChI=1S/C13H23N5S2/c1-4-10(11(14)19)17-5-7-18(8-6-17)13-15-12(9(2)3)16-20-13/h9-10H,4-8H2,1-3H3,(H2,14,19). The quantitative estimate of drug-likeness (QED) is 0.837. The molecule has 1 aromatic rings. The number of hydrogen-bond donors (Lipinski definition) is 1. The summed E-state index contributed by atoms with van der Waals surface area (Å²) in [5.41, 5.74) is 5.82. The van der Waals surface area contributed by atoms with E-state index in [0.717, 1.165) is 43.6 Å². The molecule has 2 rings (SSSR count). The Morgan fingerprint density at radius 2 is 2.00 bits per heavy atom. The van der Waals surface area contributed by atoms with Crippen molar-refractivity contribution in [3.8, 4) is 0 Å². The molecule has 1 aromatic heterocycles. The minimum atomic E-state index is 0.229. The molecule has 0 saturated carbocycles. The van der Waals surface area contributed by atoms with Gasteiger partial charge in [0.25, 0.3) is 0 Å². The summed E-state index contributed by atoms with van der Waals surface area (Å²) in [6, 6.07) is 0.229. The van der Waals surface area contributed by atoms with E-state index in [1.807, 2.05) is 0 Å². The van der Waals surface area contributed by atoms with Gasteiger partial charge in [-0.05, 0) is 6.42 Å². The Hall–Kier alpha value is -0.790. The van der Waals surface area contributed by atoms with Gasteiger partial charge in [-0.15, -0.1) is 0 Å². The van der Waals surface area contributed by atoms with Crippen molar-refractivity contribution in [3.63, 3.8) is 0 Å². The second-order valence-corrected chi connectivity index (χ2v) is 6.64. The van der Waals surface area contributed by atoms with E-state index in [-0.39, 0.29) is 6.04 Å². The Morgan fingerprint density at radius 1 is 1.35 bits per heavy atom. The van der Waals surface area contributed by atoms with Gasteiger partial charge in [0.05, 0.1) is 11.0 Å². The molecule has 0 aliphatic carbocycles. The molecule has 0 radical (unpaired) electrons. The van der Waals surface area contributed by atoms with E-state index in [1.165, 1.54) is 11.5 Å². The summed E-state index contributed by atoms with van der Waals surface area (Å²) in [5, 5.41) is 1.04. The molecule has 5 nitrogen and oxygen atoms in total. The van der Waals surface area contributed by atoms with E-state index in [2.05, 4.69) is 39.9 Å². The van der Waals surface area contributed by atoms with Gasteiger partial charge in [0.2, 0.25) is 5.13 Å². The molecule has 1 saturated heterocycles. The van der Waals surface area contributed by atoms with Gasteiger partial charge in [0.1, 0.15) is 5.82 Å². The first-order valence-corrected chi connectivity index (χ1v) is 8.33. The van der Waals surface area contributed by atoms with E-state index in [1.54, 1.807) is 0 Å². The maximum atomic E-state index is 5.82. The van der Waals surface area contributed by atoms with Crippen LogP contribution in [0.3, 0.4) is 0 Å². The summed E-state index contributed by atoms with van der Waals surface area (Å²) >= 11 is 6.66. The highest BCUT2D eigenvalue weighted by molar-refractivity contribution is 7.80. The highest BCUT2D eigenvalue weighted by Crippen LogP contribution is 2.23. The van der Waals surface area contributed by atoms with E-state index in [0.29, 0.717) is 10.9 Å². The van der Waals surface area contributed by atoms with Crippen LogP contribution in [0.25, 0.3) is 0 Å². The lowest BCUT2D eigenvalue weighted by atomic mass is 10.1. The van der Waals surface area contributed by atoms with E-state index in [4.69, 9.17) is 18.0 Å². The first kappa shape index (κ1) is 15.6. The van der Waals surface area contributed by atoms with E-state index in [9.17, 15) is 0 Å². The second kappa shape index (κ2) is 6.78. The number of anilines is 1. The predicted molar refractivity (Wildman–Crippen MR) is 88.6 cm³/mol. The molecule has 1 unspecified atom stereocenters. The van der Waals surface area contributed by atoms with Crippen molar-refractivity contribution in [3.05, 3.63) is 5.82 Å². The summed E-state index contributed by atoms with van der Waals surface area (Å²) in [6.45, 7) is 10.3. The Kier molecular flexibility index (Phi) is 5.29. The molecule has 1 aliphatic rings. The van der Waals surface area contributed by atoms with Crippen LogP contribution in [0.1, 0.15) is 38.9 Å². The first-order valence-electron chi connectivity index (χ1n) is 7.14. The van der Waals surface area contributed by atoms with Crippen LogP contribution in [-0.2, 0) is 0 Å². The number of piperazine rings is 1. The molecular formula is C13H23N5S2. The zero-order chi connectivity index (χ0) is 14.7. The number of nitrogens with zero attached hydrogens (tertiary/aromatic N) is 4. The van der Waals surface area contributed by atoms with Crippen LogP contribution < -0.4 is 10.6 Å². The summed E-state index contributed by atoms with van der Waals surface area (Å²) in [7, 11) is 0. The van der Waals surface area contributed by atoms with Crippen LogP contribution in [0.4, 0.5) is 5.13 Å². The highest BCUT2D eigenvalue weighted by atomic mass is 32.1. The average Bonchev–Trinajstić information content (AvgIpc) is 2.89. The number of aromatic nitrogens is 2. The molecular weight excluding hydrogens is 290 g/mol. The molecule has 0 amide bonds. The van der Waals surface area contributed by atoms with Gasteiger partial charge < -0.3 is 10.6 Å². The van der Waals surface area contributed by atoms with Gasteiger partial charge in [-0.1, -0.05) is 33.0 Å². The van der Waals surface area contributed by atoms with Crippen LogP contribution >= 0.6 is 23.8 Å². The molecule has 0 bridgehead atoms.